The van der Waals surface area contributed by atoms with Crippen LogP contribution in [0.2, 0.25) is 5.15 Å². The third kappa shape index (κ3) is 2.98. The van der Waals surface area contributed by atoms with Gasteiger partial charge in [0.2, 0.25) is 0 Å². The number of aromatic nitrogens is 4. The topological polar surface area (TPSA) is 43.6 Å². The second kappa shape index (κ2) is 5.24. The Balaban J connectivity index is 2.54. The van der Waals surface area contributed by atoms with Crippen molar-refractivity contribution in [1.82, 2.24) is 19.5 Å². The van der Waals surface area contributed by atoms with Crippen LogP contribution in [0.15, 0.2) is 24.2 Å². The smallest absolute Gasteiger partial charge is 0.302 e. The fourth-order valence-electron chi connectivity index (χ4n) is 1.54. The molecule has 0 unspecified atom stereocenters. The van der Waals surface area contributed by atoms with Gasteiger partial charge in [-0.3, -0.25) is 4.98 Å². The van der Waals surface area contributed by atoms with Crippen LogP contribution in [-0.2, 0) is 0 Å². The Kier molecular flexibility index (Phi) is 3.80. The second-order valence-corrected chi connectivity index (χ2v) is 4.48. The lowest BCUT2D eigenvalue weighted by atomic mass is 10.3. The van der Waals surface area contributed by atoms with Crippen molar-refractivity contribution in [2.75, 3.05) is 0 Å². The molecule has 0 saturated heterocycles. The maximum Gasteiger partial charge on any atom is 0.413 e. The molecule has 0 fully saturated rings. The number of hydrogen-bond acceptors (Lipinski definition) is 3. The van der Waals surface area contributed by atoms with Crippen molar-refractivity contribution >= 4 is 17.8 Å². The maximum absolute atomic E-state index is 12.6. The number of imidazole rings is 1. The van der Waals surface area contributed by atoms with Gasteiger partial charge >= 0.3 is 6.18 Å². The first-order valence-corrected chi connectivity index (χ1v) is 5.94. The van der Waals surface area contributed by atoms with Gasteiger partial charge < -0.3 is 4.57 Å². The van der Waals surface area contributed by atoms with E-state index in [1.807, 2.05) is 0 Å². The Bertz CT molecular complexity index is 661. The molecule has 2 aromatic rings. The highest BCUT2D eigenvalue weighted by molar-refractivity contribution is 6.29. The molecule has 20 heavy (non-hydrogen) atoms. The molecule has 106 valence electrons. The first kappa shape index (κ1) is 14.5. The summed E-state index contributed by atoms with van der Waals surface area (Å²) in [7, 11) is 0. The van der Waals surface area contributed by atoms with Crippen molar-refractivity contribution in [3.63, 3.8) is 0 Å². The summed E-state index contributed by atoms with van der Waals surface area (Å²) in [6.07, 6.45) is 0.759. The Morgan fingerprint density at radius 2 is 2.00 bits per heavy atom. The lowest BCUT2D eigenvalue weighted by Crippen LogP contribution is -2.10. The van der Waals surface area contributed by atoms with E-state index >= 15 is 0 Å². The van der Waals surface area contributed by atoms with E-state index in [2.05, 4.69) is 15.0 Å². The molecule has 2 aromatic heterocycles. The molecule has 4 nitrogen and oxygen atoms in total. The van der Waals surface area contributed by atoms with E-state index in [9.17, 15) is 13.2 Å². The van der Waals surface area contributed by atoms with Crippen LogP contribution in [0, 0.1) is 6.92 Å². The first-order valence-electron chi connectivity index (χ1n) is 5.56. The van der Waals surface area contributed by atoms with Gasteiger partial charge in [0.1, 0.15) is 16.7 Å². The van der Waals surface area contributed by atoms with Gasteiger partial charge in [0.15, 0.2) is 0 Å². The molecule has 0 bridgehead atoms. The average molecular weight is 303 g/mol. The van der Waals surface area contributed by atoms with Crippen molar-refractivity contribution in [2.45, 2.75) is 20.0 Å². The quantitative estimate of drug-likeness (QED) is 0.849. The Labute approximate surface area is 118 Å². The number of alkyl halides is 3. The van der Waals surface area contributed by atoms with Crippen LogP contribution in [0.5, 0.6) is 0 Å². The normalized spacial score (nSPS) is 12.8. The largest absolute Gasteiger partial charge is 0.413 e. The fourth-order valence-corrected chi connectivity index (χ4v) is 1.69. The standard InChI is InChI=1S/C12H10ClF3N4/c1-7(12(14,15)16)6-20-8(2)18-4-10(20)9-3-17-5-11(13)19-9/h3-6H,1-2H3. The van der Waals surface area contributed by atoms with Gasteiger partial charge in [0.05, 0.1) is 24.3 Å². The molecule has 0 atom stereocenters. The average Bonchev–Trinajstić information content (AvgIpc) is 2.70. The van der Waals surface area contributed by atoms with Crippen molar-refractivity contribution < 1.29 is 13.2 Å². The predicted octanol–water partition coefficient (Wildman–Crippen LogP) is 3.73. The predicted molar refractivity (Wildman–Crippen MR) is 69.0 cm³/mol. The summed E-state index contributed by atoms with van der Waals surface area (Å²) in [5, 5.41) is 0.157. The minimum Gasteiger partial charge on any atom is -0.302 e. The summed E-state index contributed by atoms with van der Waals surface area (Å²) >= 11 is 5.73. The van der Waals surface area contributed by atoms with Crippen LogP contribution in [0.25, 0.3) is 17.6 Å². The molecule has 2 rings (SSSR count). The lowest BCUT2D eigenvalue weighted by Gasteiger charge is -2.09. The van der Waals surface area contributed by atoms with Gasteiger partial charge in [0, 0.05) is 11.8 Å². The number of rotatable bonds is 2. The highest BCUT2D eigenvalue weighted by Gasteiger charge is 2.30. The molecular formula is C12H10ClF3N4. The Hall–Kier alpha value is -1.89. The third-order valence-corrected chi connectivity index (χ3v) is 2.80. The van der Waals surface area contributed by atoms with E-state index in [0.717, 1.165) is 13.1 Å². The SMILES string of the molecule is CC(=Cn1c(-c2cncc(Cl)n2)cnc1C)C(F)(F)F. The van der Waals surface area contributed by atoms with Crippen LogP contribution in [0.3, 0.4) is 0 Å². The molecule has 0 radical (unpaired) electrons. The maximum atomic E-state index is 12.6. The van der Waals surface area contributed by atoms with Crippen molar-refractivity contribution in [1.29, 1.82) is 0 Å². The first-order chi connectivity index (χ1) is 9.29. The summed E-state index contributed by atoms with van der Waals surface area (Å²) in [6, 6.07) is 0. The summed E-state index contributed by atoms with van der Waals surface area (Å²) in [5.74, 6) is 0.408. The van der Waals surface area contributed by atoms with Crippen LogP contribution >= 0.6 is 11.6 Å². The molecule has 0 aliphatic carbocycles. The zero-order valence-electron chi connectivity index (χ0n) is 10.6. The molecule has 0 aromatic carbocycles. The Morgan fingerprint density at radius 3 is 2.60 bits per heavy atom. The minimum atomic E-state index is -4.39. The van der Waals surface area contributed by atoms with Gasteiger partial charge in [0.25, 0.3) is 0 Å². The number of hydrogen-bond donors (Lipinski definition) is 0. The molecule has 2 heterocycles. The highest BCUT2D eigenvalue weighted by Crippen LogP contribution is 2.27. The van der Waals surface area contributed by atoms with Gasteiger partial charge in [-0.25, -0.2) is 9.97 Å². The molecule has 0 saturated carbocycles. The van der Waals surface area contributed by atoms with Crippen molar-refractivity contribution in [2.24, 2.45) is 0 Å². The molecule has 0 aliphatic heterocycles. The Morgan fingerprint density at radius 1 is 1.30 bits per heavy atom. The second-order valence-electron chi connectivity index (χ2n) is 4.10. The van der Waals surface area contributed by atoms with E-state index in [-0.39, 0.29) is 5.15 Å². The van der Waals surface area contributed by atoms with Crippen molar-refractivity contribution in [3.8, 4) is 11.4 Å². The zero-order valence-corrected chi connectivity index (χ0v) is 11.4. The van der Waals surface area contributed by atoms with Crippen LogP contribution in [-0.4, -0.2) is 25.7 Å². The number of nitrogens with zero attached hydrogens (tertiary/aromatic N) is 4. The fraction of sp³-hybridized carbons (Fsp3) is 0.250. The molecule has 0 amide bonds. The molecule has 8 heteroatoms. The summed E-state index contributed by atoms with van der Waals surface area (Å²) in [6.45, 7) is 2.59. The monoisotopic (exact) mass is 302 g/mol. The van der Waals surface area contributed by atoms with E-state index in [1.54, 1.807) is 6.92 Å². The van der Waals surface area contributed by atoms with Gasteiger partial charge in [-0.05, 0) is 13.8 Å². The third-order valence-electron chi connectivity index (χ3n) is 2.62. The van der Waals surface area contributed by atoms with Gasteiger partial charge in [-0.1, -0.05) is 11.6 Å². The zero-order chi connectivity index (χ0) is 14.9. The van der Waals surface area contributed by atoms with Crippen molar-refractivity contribution in [3.05, 3.63) is 35.1 Å². The van der Waals surface area contributed by atoms with Gasteiger partial charge in [-0.2, -0.15) is 13.2 Å². The number of halogens is 4. The summed E-state index contributed by atoms with van der Waals surface area (Å²) < 4.78 is 39.2. The van der Waals surface area contributed by atoms with Crippen LogP contribution in [0.1, 0.15) is 12.7 Å². The summed E-state index contributed by atoms with van der Waals surface area (Å²) in [4.78, 5) is 11.9. The summed E-state index contributed by atoms with van der Waals surface area (Å²) in [5.41, 5.74) is 0.000242. The lowest BCUT2D eigenvalue weighted by molar-refractivity contribution is -0.0905. The highest BCUT2D eigenvalue weighted by atomic mass is 35.5. The molecule has 0 N–H and O–H groups in total. The van der Waals surface area contributed by atoms with Crippen LogP contribution in [0.4, 0.5) is 13.2 Å². The minimum absolute atomic E-state index is 0.157. The van der Waals surface area contributed by atoms with E-state index in [1.165, 1.54) is 23.2 Å². The molecular weight excluding hydrogens is 293 g/mol. The van der Waals surface area contributed by atoms with E-state index in [0.29, 0.717) is 17.2 Å². The van der Waals surface area contributed by atoms with E-state index < -0.39 is 11.7 Å². The molecule has 0 aliphatic rings. The number of aryl methyl sites for hydroxylation is 1. The number of allylic oxidation sites excluding steroid dienone is 1. The molecule has 0 spiro atoms. The van der Waals surface area contributed by atoms with Crippen LogP contribution < -0.4 is 0 Å². The van der Waals surface area contributed by atoms with E-state index in [4.69, 9.17) is 11.6 Å². The van der Waals surface area contributed by atoms with Gasteiger partial charge in [-0.15, -0.1) is 0 Å².